The number of fused-ring (bicyclic) bond motifs is 1. The average Bonchev–Trinajstić information content (AvgIpc) is 2.39. The lowest BCUT2D eigenvalue weighted by Gasteiger charge is -2.05. The van der Waals surface area contributed by atoms with Gasteiger partial charge >= 0.3 is 0 Å². The Labute approximate surface area is 91.7 Å². The Hall–Kier alpha value is -1.24. The average molecular weight is 201 g/mol. The van der Waals surface area contributed by atoms with Gasteiger partial charge in [0, 0.05) is 23.1 Å². The van der Waals surface area contributed by atoms with Gasteiger partial charge in [-0.25, -0.2) is 0 Å². The van der Waals surface area contributed by atoms with Crippen molar-refractivity contribution in [2.24, 2.45) is 0 Å². The summed E-state index contributed by atoms with van der Waals surface area (Å²) >= 11 is 0. The first-order chi connectivity index (χ1) is 7.06. The van der Waals surface area contributed by atoms with Crippen LogP contribution in [-0.4, -0.2) is 4.57 Å². The van der Waals surface area contributed by atoms with Crippen LogP contribution in [0.4, 0.5) is 0 Å². The molecular weight excluding hydrogens is 182 g/mol. The van der Waals surface area contributed by atoms with Gasteiger partial charge in [-0.05, 0) is 57.4 Å². The van der Waals surface area contributed by atoms with Crippen LogP contribution in [0.3, 0.4) is 0 Å². The summed E-state index contributed by atoms with van der Waals surface area (Å²) < 4.78 is 2.41. The molecule has 15 heavy (non-hydrogen) atoms. The standard InChI is InChI=1S/C14H19N/c1-6-15-12(5)11(4)14-10(3)7-9(2)8-13(14)15/h7-8H,6H2,1-5H3. The summed E-state index contributed by atoms with van der Waals surface area (Å²) in [6, 6.07) is 4.57. The van der Waals surface area contributed by atoms with E-state index in [2.05, 4.69) is 51.3 Å². The quantitative estimate of drug-likeness (QED) is 0.659. The lowest BCUT2D eigenvalue weighted by molar-refractivity contribution is 0.766. The van der Waals surface area contributed by atoms with Gasteiger partial charge in [-0.15, -0.1) is 0 Å². The van der Waals surface area contributed by atoms with Gasteiger partial charge in [0.05, 0.1) is 0 Å². The van der Waals surface area contributed by atoms with Gasteiger partial charge in [0.2, 0.25) is 0 Å². The van der Waals surface area contributed by atoms with E-state index in [0.717, 1.165) is 6.54 Å². The van der Waals surface area contributed by atoms with Crippen molar-refractivity contribution in [3.05, 3.63) is 34.5 Å². The number of hydrogen-bond donors (Lipinski definition) is 0. The topological polar surface area (TPSA) is 4.93 Å². The van der Waals surface area contributed by atoms with E-state index in [1.165, 1.54) is 33.3 Å². The third kappa shape index (κ3) is 1.38. The van der Waals surface area contributed by atoms with Crippen LogP contribution in [0.2, 0.25) is 0 Å². The molecule has 1 aromatic carbocycles. The molecule has 0 unspecified atom stereocenters. The molecule has 0 spiro atoms. The molecule has 0 radical (unpaired) electrons. The van der Waals surface area contributed by atoms with Crippen molar-refractivity contribution < 1.29 is 0 Å². The molecule has 2 rings (SSSR count). The number of nitrogens with zero attached hydrogens (tertiary/aromatic N) is 1. The molecule has 80 valence electrons. The number of hydrogen-bond acceptors (Lipinski definition) is 0. The highest BCUT2D eigenvalue weighted by atomic mass is 15.0. The van der Waals surface area contributed by atoms with Crippen LogP contribution in [-0.2, 0) is 6.54 Å². The summed E-state index contributed by atoms with van der Waals surface area (Å²) in [6.45, 7) is 12.1. The fourth-order valence-corrected chi connectivity index (χ4v) is 2.62. The minimum Gasteiger partial charge on any atom is -0.345 e. The van der Waals surface area contributed by atoms with E-state index in [1.807, 2.05) is 0 Å². The lowest BCUT2D eigenvalue weighted by Crippen LogP contribution is -1.96. The SMILES string of the molecule is CCn1c(C)c(C)c2c(C)cc(C)cc21. The largest absolute Gasteiger partial charge is 0.345 e. The highest BCUT2D eigenvalue weighted by molar-refractivity contribution is 5.89. The Morgan fingerprint density at radius 2 is 1.73 bits per heavy atom. The van der Waals surface area contributed by atoms with Crippen molar-refractivity contribution >= 4 is 10.9 Å². The number of rotatable bonds is 1. The minimum absolute atomic E-state index is 1.05. The Balaban J connectivity index is 2.97. The molecule has 0 aliphatic carbocycles. The molecule has 0 amide bonds. The Morgan fingerprint density at radius 3 is 2.33 bits per heavy atom. The number of aromatic nitrogens is 1. The fraction of sp³-hybridized carbons (Fsp3) is 0.429. The smallest absolute Gasteiger partial charge is 0.0490 e. The van der Waals surface area contributed by atoms with Gasteiger partial charge in [0.1, 0.15) is 0 Å². The van der Waals surface area contributed by atoms with E-state index in [4.69, 9.17) is 0 Å². The Morgan fingerprint density at radius 1 is 1.07 bits per heavy atom. The molecule has 1 nitrogen and oxygen atoms in total. The number of benzene rings is 1. The fourth-order valence-electron chi connectivity index (χ4n) is 2.62. The maximum Gasteiger partial charge on any atom is 0.0490 e. The molecule has 1 aromatic heterocycles. The lowest BCUT2D eigenvalue weighted by atomic mass is 10.0. The maximum atomic E-state index is 2.41. The van der Waals surface area contributed by atoms with Crippen molar-refractivity contribution in [1.29, 1.82) is 0 Å². The van der Waals surface area contributed by atoms with E-state index >= 15 is 0 Å². The highest BCUT2D eigenvalue weighted by Gasteiger charge is 2.11. The Kier molecular flexibility index (Phi) is 2.34. The predicted molar refractivity (Wildman–Crippen MR) is 66.6 cm³/mol. The first-order valence-corrected chi connectivity index (χ1v) is 5.63. The molecule has 0 N–H and O–H groups in total. The summed E-state index contributed by atoms with van der Waals surface area (Å²) in [6.07, 6.45) is 0. The van der Waals surface area contributed by atoms with Crippen molar-refractivity contribution in [3.8, 4) is 0 Å². The molecule has 1 heterocycles. The third-order valence-corrected chi connectivity index (χ3v) is 3.39. The van der Waals surface area contributed by atoms with Crippen molar-refractivity contribution in [2.45, 2.75) is 41.2 Å². The van der Waals surface area contributed by atoms with E-state index in [9.17, 15) is 0 Å². The zero-order chi connectivity index (χ0) is 11.2. The molecule has 2 aromatic rings. The normalized spacial score (nSPS) is 11.3. The second kappa shape index (κ2) is 3.41. The summed E-state index contributed by atoms with van der Waals surface area (Å²) in [5, 5.41) is 1.44. The van der Waals surface area contributed by atoms with Crippen LogP contribution in [0.25, 0.3) is 10.9 Å². The summed E-state index contributed by atoms with van der Waals surface area (Å²) in [5.74, 6) is 0. The number of aryl methyl sites for hydroxylation is 4. The molecule has 0 aliphatic rings. The molecular formula is C14H19N. The maximum absolute atomic E-state index is 2.41. The summed E-state index contributed by atoms with van der Waals surface area (Å²) in [7, 11) is 0. The van der Waals surface area contributed by atoms with Gasteiger partial charge in [-0.3, -0.25) is 0 Å². The molecule has 0 saturated heterocycles. The van der Waals surface area contributed by atoms with Crippen molar-refractivity contribution in [1.82, 2.24) is 4.57 Å². The second-order valence-corrected chi connectivity index (χ2v) is 4.43. The third-order valence-electron chi connectivity index (χ3n) is 3.39. The minimum atomic E-state index is 1.05. The van der Waals surface area contributed by atoms with Crippen LogP contribution in [0, 0.1) is 27.7 Å². The Bertz CT molecular complexity index is 518. The zero-order valence-electron chi connectivity index (χ0n) is 10.3. The molecule has 0 aliphatic heterocycles. The monoisotopic (exact) mass is 201 g/mol. The highest BCUT2D eigenvalue weighted by Crippen LogP contribution is 2.28. The van der Waals surface area contributed by atoms with E-state index in [-0.39, 0.29) is 0 Å². The van der Waals surface area contributed by atoms with Gasteiger partial charge in [-0.2, -0.15) is 0 Å². The van der Waals surface area contributed by atoms with Gasteiger partial charge in [-0.1, -0.05) is 6.07 Å². The van der Waals surface area contributed by atoms with Crippen LogP contribution in [0.1, 0.15) is 29.3 Å². The molecule has 0 fully saturated rings. The van der Waals surface area contributed by atoms with E-state index in [0.29, 0.717) is 0 Å². The zero-order valence-corrected chi connectivity index (χ0v) is 10.3. The van der Waals surface area contributed by atoms with Crippen LogP contribution in [0.15, 0.2) is 12.1 Å². The van der Waals surface area contributed by atoms with Gasteiger partial charge in [0.25, 0.3) is 0 Å². The van der Waals surface area contributed by atoms with Crippen molar-refractivity contribution in [2.75, 3.05) is 0 Å². The van der Waals surface area contributed by atoms with E-state index < -0.39 is 0 Å². The van der Waals surface area contributed by atoms with Crippen molar-refractivity contribution in [3.63, 3.8) is 0 Å². The first-order valence-electron chi connectivity index (χ1n) is 5.63. The van der Waals surface area contributed by atoms with Gasteiger partial charge in [0.15, 0.2) is 0 Å². The molecule has 0 bridgehead atoms. The molecule has 1 heteroatoms. The summed E-state index contributed by atoms with van der Waals surface area (Å²) in [4.78, 5) is 0. The predicted octanol–water partition coefficient (Wildman–Crippen LogP) is 3.89. The van der Waals surface area contributed by atoms with Crippen LogP contribution >= 0.6 is 0 Å². The molecule has 0 saturated carbocycles. The van der Waals surface area contributed by atoms with E-state index in [1.54, 1.807) is 0 Å². The summed E-state index contributed by atoms with van der Waals surface area (Å²) in [5.41, 5.74) is 6.99. The first kappa shape index (κ1) is 10.3. The van der Waals surface area contributed by atoms with Crippen LogP contribution in [0.5, 0.6) is 0 Å². The van der Waals surface area contributed by atoms with Gasteiger partial charge < -0.3 is 4.57 Å². The van der Waals surface area contributed by atoms with Crippen LogP contribution < -0.4 is 0 Å². The molecule has 0 atom stereocenters. The second-order valence-electron chi connectivity index (χ2n) is 4.43.